The first-order chi connectivity index (χ1) is 14.0. The van der Waals surface area contributed by atoms with E-state index in [1.165, 1.54) is 6.07 Å². The molecule has 152 valence electrons. The minimum atomic E-state index is -0.300. The highest BCUT2D eigenvalue weighted by atomic mass is 19.1. The summed E-state index contributed by atoms with van der Waals surface area (Å²) in [5, 5.41) is 9.26. The number of carbonyl (C=O) groups excluding carboxylic acids is 1. The van der Waals surface area contributed by atoms with Crippen LogP contribution in [0.3, 0.4) is 0 Å². The average molecular weight is 396 g/mol. The number of oxazole rings is 1. The molecule has 1 saturated carbocycles. The molecule has 0 unspecified atom stereocenters. The molecule has 4 rings (SSSR count). The van der Waals surface area contributed by atoms with E-state index in [9.17, 15) is 14.4 Å². The summed E-state index contributed by atoms with van der Waals surface area (Å²) in [7, 11) is 0. The SMILES string of the molecule is Cc1cc(-c2nc(CN(CC(=O)N3CCC[C@H]3C#N)C3CC3)c(C)o2)ccc1F. The molecule has 1 aliphatic carbocycles. The molecular formula is C22H25FN4O2. The molecule has 2 aliphatic rings. The number of nitriles is 1. The van der Waals surface area contributed by atoms with E-state index in [1.54, 1.807) is 24.0 Å². The molecule has 1 atom stereocenters. The molecule has 1 aromatic carbocycles. The van der Waals surface area contributed by atoms with Gasteiger partial charge < -0.3 is 9.32 Å². The van der Waals surface area contributed by atoms with E-state index in [0.29, 0.717) is 42.9 Å². The predicted molar refractivity (Wildman–Crippen MR) is 105 cm³/mol. The van der Waals surface area contributed by atoms with Gasteiger partial charge in [0, 0.05) is 24.7 Å². The van der Waals surface area contributed by atoms with Crippen molar-refractivity contribution in [3.05, 3.63) is 41.0 Å². The summed E-state index contributed by atoms with van der Waals surface area (Å²) in [6.07, 6.45) is 3.77. The summed E-state index contributed by atoms with van der Waals surface area (Å²) in [6.45, 7) is 5.05. The van der Waals surface area contributed by atoms with Gasteiger partial charge in [0.1, 0.15) is 17.6 Å². The number of likely N-dealkylation sites (tertiary alicyclic amines) is 1. The number of hydrogen-bond donors (Lipinski definition) is 0. The van der Waals surface area contributed by atoms with Crippen molar-refractivity contribution in [2.75, 3.05) is 13.1 Å². The van der Waals surface area contributed by atoms with Crippen LogP contribution in [0.1, 0.15) is 42.7 Å². The molecule has 7 heteroatoms. The molecule has 2 fully saturated rings. The van der Waals surface area contributed by atoms with E-state index in [0.717, 1.165) is 36.9 Å². The Hall–Kier alpha value is -2.72. The van der Waals surface area contributed by atoms with Gasteiger partial charge in [-0.25, -0.2) is 9.37 Å². The third kappa shape index (κ3) is 4.18. The van der Waals surface area contributed by atoms with Gasteiger partial charge >= 0.3 is 0 Å². The minimum Gasteiger partial charge on any atom is -0.441 e. The third-order valence-corrected chi connectivity index (χ3v) is 5.77. The van der Waals surface area contributed by atoms with Crippen LogP contribution in [0.15, 0.2) is 22.6 Å². The number of amides is 1. The zero-order chi connectivity index (χ0) is 20.5. The number of halogens is 1. The van der Waals surface area contributed by atoms with Crippen LogP contribution in [0.5, 0.6) is 0 Å². The van der Waals surface area contributed by atoms with E-state index >= 15 is 0 Å². The Bertz CT molecular complexity index is 960. The Labute approximate surface area is 169 Å². The normalized spacial score (nSPS) is 19.0. The highest BCUT2D eigenvalue weighted by Gasteiger charge is 2.35. The van der Waals surface area contributed by atoms with E-state index in [1.807, 2.05) is 6.92 Å². The molecule has 0 N–H and O–H groups in total. The Morgan fingerprint density at radius 3 is 2.86 bits per heavy atom. The maximum absolute atomic E-state index is 13.6. The van der Waals surface area contributed by atoms with Crippen molar-refractivity contribution in [2.24, 2.45) is 0 Å². The number of aryl methyl sites for hydroxylation is 2. The van der Waals surface area contributed by atoms with E-state index in [4.69, 9.17) is 4.42 Å². The molecule has 1 saturated heterocycles. The Balaban J connectivity index is 1.49. The lowest BCUT2D eigenvalue weighted by Gasteiger charge is -2.25. The van der Waals surface area contributed by atoms with Crippen molar-refractivity contribution < 1.29 is 13.6 Å². The molecule has 2 aromatic rings. The Kier molecular flexibility index (Phi) is 5.37. The number of nitrogens with zero attached hydrogens (tertiary/aromatic N) is 4. The number of hydrogen-bond acceptors (Lipinski definition) is 5. The Morgan fingerprint density at radius 2 is 2.17 bits per heavy atom. The highest BCUT2D eigenvalue weighted by Crippen LogP contribution is 2.31. The highest BCUT2D eigenvalue weighted by molar-refractivity contribution is 5.79. The van der Waals surface area contributed by atoms with Crippen molar-refractivity contribution >= 4 is 5.91 Å². The fourth-order valence-electron chi connectivity index (χ4n) is 3.89. The maximum Gasteiger partial charge on any atom is 0.237 e. The van der Waals surface area contributed by atoms with E-state index in [2.05, 4.69) is 16.0 Å². The molecule has 0 bridgehead atoms. The van der Waals surface area contributed by atoms with Gasteiger partial charge in [0.05, 0.1) is 18.3 Å². The summed E-state index contributed by atoms with van der Waals surface area (Å²) < 4.78 is 19.4. The summed E-state index contributed by atoms with van der Waals surface area (Å²) in [6, 6.07) is 7.11. The van der Waals surface area contributed by atoms with Crippen LogP contribution in [0.25, 0.3) is 11.5 Å². The minimum absolute atomic E-state index is 0.0106. The topological polar surface area (TPSA) is 73.4 Å². The standard InChI is InChI=1S/C22H25FN4O2/c1-14-10-16(5-8-19(14)23)22-25-20(15(2)29-22)12-26(17-6-7-17)13-21(28)27-9-3-4-18(27)11-24/h5,8,10,17-18H,3-4,6-7,9,12-13H2,1-2H3/t18-/m0/s1. The zero-order valence-electron chi connectivity index (χ0n) is 16.8. The van der Waals surface area contributed by atoms with Gasteiger partial charge in [-0.3, -0.25) is 9.69 Å². The zero-order valence-corrected chi connectivity index (χ0v) is 16.8. The van der Waals surface area contributed by atoms with Gasteiger partial charge in [0.25, 0.3) is 0 Å². The monoisotopic (exact) mass is 396 g/mol. The van der Waals surface area contributed by atoms with Gasteiger partial charge in [-0.15, -0.1) is 0 Å². The van der Waals surface area contributed by atoms with E-state index < -0.39 is 0 Å². The maximum atomic E-state index is 13.6. The molecule has 0 radical (unpaired) electrons. The number of carbonyl (C=O) groups is 1. The smallest absolute Gasteiger partial charge is 0.237 e. The number of benzene rings is 1. The molecule has 1 aliphatic heterocycles. The lowest BCUT2D eigenvalue weighted by atomic mass is 10.1. The largest absolute Gasteiger partial charge is 0.441 e. The van der Waals surface area contributed by atoms with Gasteiger partial charge in [0.2, 0.25) is 11.8 Å². The second kappa shape index (κ2) is 7.96. The van der Waals surface area contributed by atoms with Crippen molar-refractivity contribution in [1.29, 1.82) is 5.26 Å². The number of aromatic nitrogens is 1. The first-order valence-corrected chi connectivity index (χ1v) is 10.1. The summed E-state index contributed by atoms with van der Waals surface area (Å²) in [5.74, 6) is 0.924. The van der Waals surface area contributed by atoms with Crippen LogP contribution < -0.4 is 0 Å². The van der Waals surface area contributed by atoms with Crippen LogP contribution in [-0.4, -0.2) is 45.9 Å². The quantitative estimate of drug-likeness (QED) is 0.746. The summed E-state index contributed by atoms with van der Waals surface area (Å²) in [5.41, 5.74) is 2.07. The van der Waals surface area contributed by atoms with Gasteiger partial charge in [0.15, 0.2) is 0 Å². The molecule has 1 amide bonds. The van der Waals surface area contributed by atoms with E-state index in [-0.39, 0.29) is 17.8 Å². The van der Waals surface area contributed by atoms with Gasteiger partial charge in [-0.1, -0.05) is 0 Å². The Morgan fingerprint density at radius 1 is 1.38 bits per heavy atom. The molecule has 2 heterocycles. The average Bonchev–Trinajstić information content (AvgIpc) is 3.32. The van der Waals surface area contributed by atoms with Crippen molar-refractivity contribution in [3.63, 3.8) is 0 Å². The fourth-order valence-corrected chi connectivity index (χ4v) is 3.89. The molecular weight excluding hydrogens is 371 g/mol. The predicted octanol–water partition coefficient (Wildman–Crippen LogP) is 3.58. The lowest BCUT2D eigenvalue weighted by Crippen LogP contribution is -2.43. The molecule has 29 heavy (non-hydrogen) atoms. The fraction of sp³-hybridized carbons (Fsp3) is 0.500. The lowest BCUT2D eigenvalue weighted by molar-refractivity contribution is -0.132. The summed E-state index contributed by atoms with van der Waals surface area (Å²) in [4.78, 5) is 21.3. The van der Waals surface area contributed by atoms with Crippen LogP contribution in [0.2, 0.25) is 0 Å². The van der Waals surface area contributed by atoms with Gasteiger partial charge in [-0.2, -0.15) is 5.26 Å². The van der Waals surface area contributed by atoms with Crippen LogP contribution >= 0.6 is 0 Å². The second-order valence-electron chi connectivity index (χ2n) is 8.00. The van der Waals surface area contributed by atoms with Gasteiger partial charge in [-0.05, 0) is 63.3 Å². The van der Waals surface area contributed by atoms with Crippen molar-refractivity contribution in [1.82, 2.24) is 14.8 Å². The first kappa shape index (κ1) is 19.6. The van der Waals surface area contributed by atoms with Crippen LogP contribution in [0, 0.1) is 31.0 Å². The van der Waals surface area contributed by atoms with Crippen molar-refractivity contribution in [3.8, 4) is 17.5 Å². The van der Waals surface area contributed by atoms with Crippen LogP contribution in [-0.2, 0) is 11.3 Å². The number of rotatable bonds is 6. The molecule has 1 aromatic heterocycles. The second-order valence-corrected chi connectivity index (χ2v) is 8.00. The first-order valence-electron chi connectivity index (χ1n) is 10.1. The third-order valence-electron chi connectivity index (χ3n) is 5.77. The van der Waals surface area contributed by atoms with Crippen LogP contribution in [0.4, 0.5) is 4.39 Å². The summed E-state index contributed by atoms with van der Waals surface area (Å²) >= 11 is 0. The molecule has 0 spiro atoms. The van der Waals surface area contributed by atoms with Crippen molar-refractivity contribution in [2.45, 2.75) is 58.2 Å². The molecule has 6 nitrogen and oxygen atoms in total.